The number of carbonyl (C=O) groups excluding carboxylic acids is 8. The van der Waals surface area contributed by atoms with Gasteiger partial charge in [0.15, 0.2) is 12.2 Å². The van der Waals surface area contributed by atoms with E-state index in [1.54, 1.807) is 49.6 Å². The first-order chi connectivity index (χ1) is 44.2. The first kappa shape index (κ1) is 67.9. The molecule has 10 atom stereocenters. The number of carbonyl (C=O) groups is 8. The molecular weight excluding hydrogens is 1160 g/mol. The van der Waals surface area contributed by atoms with Gasteiger partial charge in [-0.05, 0) is 106 Å². The van der Waals surface area contributed by atoms with Crippen molar-refractivity contribution in [3.8, 4) is 0 Å². The second-order valence-electron chi connectivity index (χ2n) is 26.6. The number of aliphatic hydroxyl groups excluding tert-OH is 2. The van der Waals surface area contributed by atoms with Crippen LogP contribution in [0.1, 0.15) is 161 Å². The van der Waals surface area contributed by atoms with Crippen molar-refractivity contribution in [2.24, 2.45) is 35.1 Å². The summed E-state index contributed by atoms with van der Waals surface area (Å²) in [5.74, 6) is -4.23. The van der Waals surface area contributed by atoms with Gasteiger partial charge in [0.25, 0.3) is 11.8 Å². The van der Waals surface area contributed by atoms with Crippen LogP contribution in [0.15, 0.2) is 146 Å². The van der Waals surface area contributed by atoms with Gasteiger partial charge in [0.1, 0.15) is 24.2 Å². The lowest BCUT2D eigenvalue weighted by Gasteiger charge is -2.33. The smallest absolute Gasteiger partial charge is 0.251 e. The zero-order chi connectivity index (χ0) is 65.6. The maximum absolute atomic E-state index is 14.6. The van der Waals surface area contributed by atoms with E-state index in [-0.39, 0.29) is 59.1 Å². The van der Waals surface area contributed by atoms with Gasteiger partial charge in [0.2, 0.25) is 35.4 Å². The van der Waals surface area contributed by atoms with E-state index in [0.717, 1.165) is 84.0 Å². The molecule has 2 heterocycles. The van der Waals surface area contributed by atoms with Crippen molar-refractivity contribution in [2.45, 2.75) is 178 Å². The largest absolute Gasteiger partial charge is 0.381 e. The van der Waals surface area contributed by atoms with Crippen molar-refractivity contribution in [3.05, 3.63) is 168 Å². The molecule has 0 bridgehead atoms. The average molecular weight is 1250 g/mol. The van der Waals surface area contributed by atoms with Crippen LogP contribution in [0.25, 0.3) is 21.5 Å². The van der Waals surface area contributed by atoms with Crippen LogP contribution in [-0.2, 0) is 28.8 Å². The van der Waals surface area contributed by atoms with Gasteiger partial charge >= 0.3 is 0 Å². The molecule has 488 valence electrons. The molecule has 2 saturated heterocycles. The highest BCUT2D eigenvalue weighted by Gasteiger charge is 2.46. The lowest BCUT2D eigenvalue weighted by molar-refractivity contribution is -0.141. The summed E-state index contributed by atoms with van der Waals surface area (Å²) in [5.41, 5.74) is 13.7. The molecule has 6 aromatic carbocycles. The fourth-order valence-electron chi connectivity index (χ4n) is 14.2. The Morgan fingerprint density at radius 2 is 0.783 bits per heavy atom. The van der Waals surface area contributed by atoms with Gasteiger partial charge in [-0.3, -0.25) is 38.4 Å². The Bertz CT molecular complexity index is 3300. The number of nitrogens with zero attached hydrogens (tertiary/aromatic N) is 2. The minimum Gasteiger partial charge on any atom is -0.381 e. The lowest BCUT2D eigenvalue weighted by Crippen LogP contribution is -2.58. The number of amides is 8. The van der Waals surface area contributed by atoms with Gasteiger partial charge in [-0.2, -0.15) is 0 Å². The maximum Gasteiger partial charge on any atom is 0.251 e. The predicted octanol–water partition coefficient (Wildman–Crippen LogP) is 8.56. The zero-order valence-corrected chi connectivity index (χ0v) is 53.5. The quantitative estimate of drug-likeness (QED) is 0.0320. The van der Waals surface area contributed by atoms with Crippen LogP contribution in [0.5, 0.6) is 0 Å². The van der Waals surface area contributed by atoms with Gasteiger partial charge in [0.05, 0.1) is 12.1 Å². The number of fused-ring (bicyclic) bond motifs is 2. The fourth-order valence-corrected chi connectivity index (χ4v) is 14.2. The van der Waals surface area contributed by atoms with Crippen molar-refractivity contribution >= 4 is 68.8 Å². The molecule has 18 heteroatoms. The highest BCUT2D eigenvalue weighted by Crippen LogP contribution is 2.37. The van der Waals surface area contributed by atoms with E-state index in [2.05, 4.69) is 21.3 Å². The highest BCUT2D eigenvalue weighted by molar-refractivity contribution is 6.03. The Labute approximate surface area is 540 Å². The Morgan fingerprint density at radius 1 is 0.446 bits per heavy atom. The SMILES string of the molecule is CC(C)C(NC(=O)[C@@H]1C[C@H](c2ccccc2)CN1C(=O)[C@@H](CC1CCCCC1)NC(=O)c1ccc2ccccc2c1)C(O)C(N)=O.CC(C)C(NC(=O)[C@@H]1C[C@H](c2ccccc2)CN1C(=O)[C@@H](CC1CCCCC1)NC(=O)c1ccc2ccccc2c1)C(O)C(N)=O. The number of hydrogen-bond acceptors (Lipinski definition) is 10. The van der Waals surface area contributed by atoms with E-state index in [0.29, 0.717) is 49.9 Å². The molecule has 92 heavy (non-hydrogen) atoms. The Balaban J connectivity index is 0.000000217. The van der Waals surface area contributed by atoms with Gasteiger partial charge in [-0.1, -0.05) is 213 Å². The zero-order valence-electron chi connectivity index (χ0n) is 53.5. The molecule has 2 aliphatic heterocycles. The molecule has 0 spiro atoms. The minimum atomic E-state index is -1.57. The number of nitrogens with one attached hydrogen (secondary N) is 4. The van der Waals surface area contributed by atoms with Crippen molar-refractivity contribution in [2.75, 3.05) is 13.1 Å². The Hall–Kier alpha value is -8.48. The third-order valence-corrected chi connectivity index (χ3v) is 19.5. The maximum atomic E-state index is 14.6. The molecule has 4 unspecified atom stereocenters. The van der Waals surface area contributed by atoms with Crippen LogP contribution in [0.3, 0.4) is 0 Å². The molecule has 2 aliphatic carbocycles. The number of primary amides is 2. The molecule has 0 radical (unpaired) electrons. The first-order valence-electron chi connectivity index (χ1n) is 33.1. The van der Waals surface area contributed by atoms with Gasteiger partial charge in [-0.15, -0.1) is 0 Å². The van der Waals surface area contributed by atoms with Crippen molar-refractivity contribution in [1.29, 1.82) is 0 Å². The topological polar surface area (TPSA) is 284 Å². The van der Waals surface area contributed by atoms with E-state index < -0.39 is 72.1 Å². The van der Waals surface area contributed by atoms with E-state index in [4.69, 9.17) is 11.5 Å². The average Bonchev–Trinajstić information content (AvgIpc) is 1.72. The molecule has 4 fully saturated rings. The van der Waals surface area contributed by atoms with Gasteiger partial charge in [0, 0.05) is 36.1 Å². The van der Waals surface area contributed by atoms with Crippen LogP contribution < -0.4 is 32.7 Å². The number of aliphatic hydroxyl groups is 2. The molecule has 0 aromatic heterocycles. The van der Waals surface area contributed by atoms with Crippen LogP contribution in [-0.4, -0.2) is 129 Å². The number of rotatable bonds is 22. The van der Waals surface area contributed by atoms with E-state index in [9.17, 15) is 48.6 Å². The van der Waals surface area contributed by atoms with Gasteiger partial charge < -0.3 is 52.7 Å². The lowest BCUT2D eigenvalue weighted by atomic mass is 9.84. The highest BCUT2D eigenvalue weighted by atomic mass is 16.3. The molecule has 8 amide bonds. The number of hydrogen-bond donors (Lipinski definition) is 8. The summed E-state index contributed by atoms with van der Waals surface area (Å²) < 4.78 is 0. The molecule has 10 rings (SSSR count). The van der Waals surface area contributed by atoms with E-state index in [1.165, 1.54) is 12.8 Å². The van der Waals surface area contributed by atoms with Crippen LogP contribution in [0, 0.1) is 23.7 Å². The van der Waals surface area contributed by atoms with Crippen molar-refractivity contribution in [3.63, 3.8) is 0 Å². The number of likely N-dealkylation sites (tertiary alicyclic amines) is 2. The minimum absolute atomic E-state index is 0.106. The second kappa shape index (κ2) is 31.7. The summed E-state index contributed by atoms with van der Waals surface area (Å²) in [5, 5.41) is 36.7. The molecule has 4 aliphatic rings. The van der Waals surface area contributed by atoms with Gasteiger partial charge in [-0.25, -0.2) is 0 Å². The predicted molar refractivity (Wildman–Crippen MR) is 355 cm³/mol. The normalized spacial score (nSPS) is 20.7. The first-order valence-corrected chi connectivity index (χ1v) is 33.1. The summed E-state index contributed by atoms with van der Waals surface area (Å²) in [6.07, 6.45) is 9.26. The monoisotopic (exact) mass is 1250 g/mol. The standard InChI is InChI=1S/2C37H46N4O5/c2*1-23(2)32(33(42)34(38)43)40-36(45)31-21-29(25-13-7-4-8-14-25)22-41(31)37(46)30(19-24-11-5-3-6-12-24)39-35(44)28-18-17-26-15-9-10-16-27(26)20-28/h2*4,7-10,13-18,20,23-24,29-33,42H,3,5-6,11-12,19,21-22H2,1-2H3,(H2,38,43)(H,39,44)(H,40,45)/t2*29-,30+,31-,32?,33?/m00/s1. The van der Waals surface area contributed by atoms with Crippen LogP contribution >= 0.6 is 0 Å². The molecule has 6 aromatic rings. The number of nitrogens with two attached hydrogens (primary N) is 2. The summed E-state index contributed by atoms with van der Waals surface area (Å²) in [4.78, 5) is 111. The Kier molecular flexibility index (Phi) is 23.4. The molecule has 2 saturated carbocycles. The summed E-state index contributed by atoms with van der Waals surface area (Å²) in [6.45, 7) is 7.74. The number of benzene rings is 6. The molecule has 18 nitrogen and oxygen atoms in total. The van der Waals surface area contributed by atoms with Crippen molar-refractivity contribution < 1.29 is 48.6 Å². The molecular formula is C74H92N8O10. The van der Waals surface area contributed by atoms with Crippen LogP contribution in [0.2, 0.25) is 0 Å². The fraction of sp³-hybridized carbons (Fsp3) is 0.459. The van der Waals surface area contributed by atoms with Crippen LogP contribution in [0.4, 0.5) is 0 Å². The molecule has 10 N–H and O–H groups in total. The second-order valence-corrected chi connectivity index (χ2v) is 26.6. The third-order valence-electron chi connectivity index (χ3n) is 19.5. The summed E-state index contributed by atoms with van der Waals surface area (Å²) in [7, 11) is 0. The summed E-state index contributed by atoms with van der Waals surface area (Å²) in [6, 6.07) is 41.0. The summed E-state index contributed by atoms with van der Waals surface area (Å²) >= 11 is 0. The third kappa shape index (κ3) is 17.2. The van der Waals surface area contributed by atoms with Crippen molar-refractivity contribution in [1.82, 2.24) is 31.1 Å². The Morgan fingerprint density at radius 3 is 1.12 bits per heavy atom. The van der Waals surface area contributed by atoms with E-state index >= 15 is 0 Å². The van der Waals surface area contributed by atoms with E-state index in [1.807, 2.05) is 133 Å².